The maximum absolute atomic E-state index is 14.4. The minimum absolute atomic E-state index is 0.0635. The molecule has 8 nitrogen and oxygen atoms in total. The standard InChI is InChI=1S/C30H39ClN2O6/c1-3-5-6-12-20-38-29(37)24-23-15-16-30(39-23)25(24)27(35)33(18-10-7-11-19-34)26(30)28(36)32(17-4-2)22-14-9-8-13-21(22)31/h3-4,8-9,13-14,23-26,34H,1-2,5-7,10-12,15-20H2/t23-,24+,25-,26?,30?/m0/s1. The highest BCUT2D eigenvalue weighted by Gasteiger charge is 2.75. The normalized spacial score (nSPS) is 26.9. The second kappa shape index (κ2) is 13.1. The molecule has 212 valence electrons. The van der Waals surface area contributed by atoms with Gasteiger partial charge < -0.3 is 24.4 Å². The molecule has 2 bridgehead atoms. The molecule has 3 heterocycles. The Morgan fingerprint density at radius 1 is 1.18 bits per heavy atom. The van der Waals surface area contributed by atoms with Crippen molar-refractivity contribution in [2.45, 2.75) is 69.1 Å². The van der Waals surface area contributed by atoms with E-state index >= 15 is 0 Å². The lowest BCUT2D eigenvalue weighted by Crippen LogP contribution is -2.56. The monoisotopic (exact) mass is 558 g/mol. The summed E-state index contributed by atoms with van der Waals surface area (Å²) in [4.78, 5) is 44.9. The number of aliphatic hydroxyl groups excluding tert-OH is 1. The quantitative estimate of drug-likeness (QED) is 0.196. The number of allylic oxidation sites excluding steroid dienone is 1. The van der Waals surface area contributed by atoms with Crippen LogP contribution in [0.4, 0.5) is 5.69 Å². The molecular weight excluding hydrogens is 520 g/mol. The van der Waals surface area contributed by atoms with Crippen LogP contribution in [0.1, 0.15) is 51.4 Å². The van der Waals surface area contributed by atoms with E-state index in [-0.39, 0.29) is 31.6 Å². The SMILES string of the molecule is C=CCCCCOC(=O)[C@@H]1[C@@H]2CCC3(O2)C(C(=O)N(CC=C)c2ccccc2Cl)N(CCCCCO)C(=O)[C@H]13. The number of amides is 2. The lowest BCUT2D eigenvalue weighted by atomic mass is 9.70. The van der Waals surface area contributed by atoms with E-state index in [1.165, 1.54) is 0 Å². The van der Waals surface area contributed by atoms with Crippen molar-refractivity contribution in [1.29, 1.82) is 0 Å². The first-order valence-electron chi connectivity index (χ1n) is 13.9. The number of esters is 1. The van der Waals surface area contributed by atoms with Gasteiger partial charge >= 0.3 is 5.97 Å². The number of aliphatic hydroxyl groups is 1. The van der Waals surface area contributed by atoms with Crippen molar-refractivity contribution in [3.05, 3.63) is 54.6 Å². The van der Waals surface area contributed by atoms with Crippen molar-refractivity contribution >= 4 is 35.1 Å². The van der Waals surface area contributed by atoms with Crippen LogP contribution in [0.2, 0.25) is 5.02 Å². The first-order chi connectivity index (χ1) is 18.9. The highest BCUT2D eigenvalue weighted by molar-refractivity contribution is 6.34. The highest BCUT2D eigenvalue weighted by Crippen LogP contribution is 2.59. The number of benzene rings is 1. The molecule has 1 spiro atoms. The van der Waals surface area contributed by atoms with E-state index < -0.39 is 35.6 Å². The zero-order chi connectivity index (χ0) is 28.0. The topological polar surface area (TPSA) is 96.4 Å². The van der Waals surface area contributed by atoms with Gasteiger partial charge in [0.05, 0.1) is 35.3 Å². The molecule has 3 saturated heterocycles. The van der Waals surface area contributed by atoms with Gasteiger partial charge in [-0.2, -0.15) is 0 Å². The molecule has 9 heteroatoms. The van der Waals surface area contributed by atoms with E-state index in [2.05, 4.69) is 13.2 Å². The predicted octanol–water partition coefficient (Wildman–Crippen LogP) is 4.30. The molecule has 2 unspecified atom stereocenters. The van der Waals surface area contributed by atoms with Crippen molar-refractivity contribution in [3.63, 3.8) is 0 Å². The average molecular weight is 559 g/mol. The molecule has 3 aliphatic heterocycles. The summed E-state index contributed by atoms with van der Waals surface area (Å²) in [5.41, 5.74) is -0.581. The molecule has 0 radical (unpaired) electrons. The average Bonchev–Trinajstić information content (AvgIpc) is 3.57. The van der Waals surface area contributed by atoms with Gasteiger partial charge in [-0.25, -0.2) is 0 Å². The van der Waals surface area contributed by atoms with Gasteiger partial charge in [-0.3, -0.25) is 14.4 Å². The van der Waals surface area contributed by atoms with Gasteiger partial charge in [0.25, 0.3) is 5.91 Å². The Bertz CT molecular complexity index is 1080. The molecule has 3 aliphatic rings. The third kappa shape index (κ3) is 5.65. The molecular formula is C30H39ClN2O6. The van der Waals surface area contributed by atoms with Crippen molar-refractivity contribution in [1.82, 2.24) is 4.90 Å². The van der Waals surface area contributed by atoms with Gasteiger partial charge in [0.1, 0.15) is 11.6 Å². The van der Waals surface area contributed by atoms with Gasteiger partial charge in [-0.05, 0) is 63.5 Å². The molecule has 0 saturated carbocycles. The zero-order valence-corrected chi connectivity index (χ0v) is 23.2. The Morgan fingerprint density at radius 2 is 1.97 bits per heavy atom. The summed E-state index contributed by atoms with van der Waals surface area (Å²) < 4.78 is 12.1. The fourth-order valence-corrected chi connectivity index (χ4v) is 6.66. The zero-order valence-electron chi connectivity index (χ0n) is 22.4. The van der Waals surface area contributed by atoms with Crippen LogP contribution in [0.25, 0.3) is 0 Å². The molecule has 4 rings (SSSR count). The number of carbonyl (C=O) groups is 3. The number of fused-ring (bicyclic) bond motifs is 1. The van der Waals surface area contributed by atoms with Crippen LogP contribution in [-0.2, 0) is 23.9 Å². The largest absolute Gasteiger partial charge is 0.465 e. The number of ether oxygens (including phenoxy) is 2. The molecule has 1 aromatic rings. The number of anilines is 1. The fraction of sp³-hybridized carbons (Fsp3) is 0.567. The Hall–Kier alpha value is -2.68. The number of hydrogen-bond acceptors (Lipinski definition) is 6. The Kier molecular flexibility index (Phi) is 9.86. The first kappa shape index (κ1) is 29.3. The summed E-state index contributed by atoms with van der Waals surface area (Å²) in [6, 6.07) is 6.17. The number of unbranched alkanes of at least 4 members (excludes halogenated alkanes) is 4. The van der Waals surface area contributed by atoms with E-state index in [1.807, 2.05) is 6.08 Å². The smallest absolute Gasteiger partial charge is 0.312 e. The minimum atomic E-state index is -1.11. The van der Waals surface area contributed by atoms with Crippen molar-refractivity contribution in [3.8, 4) is 0 Å². The van der Waals surface area contributed by atoms with Crippen molar-refractivity contribution < 1.29 is 29.0 Å². The summed E-state index contributed by atoms with van der Waals surface area (Å²) >= 11 is 6.49. The first-order valence-corrected chi connectivity index (χ1v) is 14.3. The summed E-state index contributed by atoms with van der Waals surface area (Å²) in [7, 11) is 0. The molecule has 3 fully saturated rings. The number of halogens is 1. The van der Waals surface area contributed by atoms with Crippen LogP contribution < -0.4 is 4.90 Å². The van der Waals surface area contributed by atoms with Gasteiger partial charge in [0, 0.05) is 19.7 Å². The van der Waals surface area contributed by atoms with Gasteiger partial charge in [0.2, 0.25) is 5.91 Å². The second-order valence-electron chi connectivity index (χ2n) is 10.5. The van der Waals surface area contributed by atoms with E-state index in [0.717, 1.165) is 12.8 Å². The van der Waals surface area contributed by atoms with E-state index in [4.69, 9.17) is 21.1 Å². The number of para-hydroxylation sites is 1. The molecule has 1 N–H and O–H groups in total. The Labute approximate surface area is 235 Å². The van der Waals surface area contributed by atoms with Gasteiger partial charge in [-0.1, -0.05) is 35.9 Å². The third-order valence-electron chi connectivity index (χ3n) is 8.13. The van der Waals surface area contributed by atoms with Crippen molar-refractivity contribution in [2.24, 2.45) is 11.8 Å². The van der Waals surface area contributed by atoms with E-state index in [0.29, 0.717) is 55.8 Å². The van der Waals surface area contributed by atoms with Gasteiger partial charge in [0.15, 0.2) is 0 Å². The van der Waals surface area contributed by atoms with Gasteiger partial charge in [-0.15, -0.1) is 13.2 Å². The van der Waals surface area contributed by atoms with Crippen LogP contribution in [0.5, 0.6) is 0 Å². The molecule has 2 amide bonds. The predicted molar refractivity (Wildman–Crippen MR) is 149 cm³/mol. The Morgan fingerprint density at radius 3 is 2.69 bits per heavy atom. The molecule has 5 atom stereocenters. The second-order valence-corrected chi connectivity index (χ2v) is 10.9. The number of rotatable bonds is 15. The third-order valence-corrected chi connectivity index (χ3v) is 8.45. The highest BCUT2D eigenvalue weighted by atomic mass is 35.5. The van der Waals surface area contributed by atoms with E-state index in [1.54, 1.807) is 40.1 Å². The van der Waals surface area contributed by atoms with Crippen LogP contribution in [0.3, 0.4) is 0 Å². The number of carbonyl (C=O) groups excluding carboxylic acids is 3. The maximum atomic E-state index is 14.4. The van der Waals surface area contributed by atoms with Crippen LogP contribution in [-0.4, -0.2) is 71.8 Å². The number of likely N-dealkylation sites (tertiary alicyclic amines) is 1. The molecule has 0 aliphatic carbocycles. The Balaban J connectivity index is 1.64. The molecule has 39 heavy (non-hydrogen) atoms. The number of hydrogen-bond donors (Lipinski definition) is 1. The van der Waals surface area contributed by atoms with Crippen LogP contribution >= 0.6 is 11.6 Å². The lowest BCUT2D eigenvalue weighted by Gasteiger charge is -2.37. The summed E-state index contributed by atoms with van der Waals surface area (Å²) in [5, 5.41) is 9.64. The fourth-order valence-electron chi connectivity index (χ4n) is 6.43. The van der Waals surface area contributed by atoms with Crippen molar-refractivity contribution in [2.75, 3.05) is 31.2 Å². The summed E-state index contributed by atoms with van der Waals surface area (Å²) in [6.45, 7) is 8.40. The number of nitrogens with zero attached hydrogens (tertiary/aromatic N) is 2. The molecule has 1 aromatic carbocycles. The molecule has 0 aromatic heterocycles. The summed E-state index contributed by atoms with van der Waals surface area (Å²) in [6.07, 6.45) is 8.44. The van der Waals surface area contributed by atoms with Crippen LogP contribution in [0, 0.1) is 11.8 Å². The maximum Gasteiger partial charge on any atom is 0.312 e. The minimum Gasteiger partial charge on any atom is -0.465 e. The van der Waals surface area contributed by atoms with E-state index in [9.17, 15) is 19.5 Å². The summed E-state index contributed by atoms with van der Waals surface area (Å²) in [5.74, 6) is -2.50. The van der Waals surface area contributed by atoms with Crippen LogP contribution in [0.15, 0.2) is 49.6 Å². The lowest BCUT2D eigenvalue weighted by molar-refractivity contribution is -0.155.